The zero-order chi connectivity index (χ0) is 15.5. The van der Waals surface area contributed by atoms with E-state index in [1.165, 1.54) is 12.1 Å². The van der Waals surface area contributed by atoms with E-state index in [0.29, 0.717) is 19.5 Å². The van der Waals surface area contributed by atoms with Crippen LogP contribution in [0.15, 0.2) is 24.3 Å². The first-order valence-electron chi connectivity index (χ1n) is 7.44. The fourth-order valence-corrected chi connectivity index (χ4v) is 1.93. The number of rotatable bonds is 10. The van der Waals surface area contributed by atoms with Crippen LogP contribution in [-0.4, -0.2) is 51.1 Å². The Labute approximate surface area is 126 Å². The van der Waals surface area contributed by atoms with Gasteiger partial charge in [0.05, 0.1) is 0 Å². The zero-order valence-corrected chi connectivity index (χ0v) is 13.0. The van der Waals surface area contributed by atoms with Crippen molar-refractivity contribution in [3.05, 3.63) is 35.6 Å². The van der Waals surface area contributed by atoms with Crippen LogP contribution in [0.2, 0.25) is 0 Å². The summed E-state index contributed by atoms with van der Waals surface area (Å²) in [5, 5.41) is 6.13. The quantitative estimate of drug-likeness (QED) is 0.642. The molecule has 0 heterocycles. The van der Waals surface area contributed by atoms with Crippen molar-refractivity contribution in [1.29, 1.82) is 0 Å². The molecule has 0 atom stereocenters. The van der Waals surface area contributed by atoms with Crippen LogP contribution in [-0.2, 0) is 11.2 Å². The Balaban J connectivity index is 2.00. The monoisotopic (exact) mass is 295 g/mol. The third-order valence-corrected chi connectivity index (χ3v) is 3.14. The maximum atomic E-state index is 12.7. The number of carbonyl (C=O) groups is 1. The minimum atomic E-state index is -0.233. The van der Waals surface area contributed by atoms with E-state index in [2.05, 4.69) is 29.6 Å². The first-order chi connectivity index (χ1) is 10.1. The number of nitrogens with zero attached hydrogens (tertiary/aromatic N) is 1. The number of hydrogen-bond donors (Lipinski definition) is 2. The van der Waals surface area contributed by atoms with Crippen molar-refractivity contribution >= 4 is 5.91 Å². The summed E-state index contributed by atoms with van der Waals surface area (Å²) >= 11 is 0. The zero-order valence-electron chi connectivity index (χ0n) is 13.0. The Bertz CT molecular complexity index is 406. The highest BCUT2D eigenvalue weighted by Crippen LogP contribution is 2.02. The van der Waals surface area contributed by atoms with Crippen molar-refractivity contribution in [2.24, 2.45) is 0 Å². The number of amides is 1. The lowest BCUT2D eigenvalue weighted by Crippen LogP contribution is -2.30. The molecule has 0 aliphatic carbocycles. The van der Waals surface area contributed by atoms with E-state index >= 15 is 0 Å². The molecule has 0 aliphatic heterocycles. The molecular weight excluding hydrogens is 269 g/mol. The Morgan fingerprint density at radius 2 is 1.86 bits per heavy atom. The summed E-state index contributed by atoms with van der Waals surface area (Å²) < 4.78 is 12.7. The smallest absolute Gasteiger partial charge is 0.221 e. The largest absolute Gasteiger partial charge is 0.356 e. The predicted octanol–water partition coefficient (Wildman–Crippen LogP) is 1.42. The SMILES string of the molecule is CN(C)CCCNCCC(=O)NCCc1ccc(F)cc1. The van der Waals surface area contributed by atoms with E-state index in [9.17, 15) is 9.18 Å². The van der Waals surface area contributed by atoms with Crippen molar-refractivity contribution in [2.45, 2.75) is 19.3 Å². The highest BCUT2D eigenvalue weighted by atomic mass is 19.1. The van der Waals surface area contributed by atoms with Gasteiger partial charge in [-0.05, 0) is 57.7 Å². The van der Waals surface area contributed by atoms with Gasteiger partial charge in [0.2, 0.25) is 5.91 Å². The summed E-state index contributed by atoms with van der Waals surface area (Å²) in [4.78, 5) is 13.8. The van der Waals surface area contributed by atoms with Gasteiger partial charge < -0.3 is 15.5 Å². The van der Waals surface area contributed by atoms with E-state index in [4.69, 9.17) is 0 Å². The molecule has 5 heteroatoms. The van der Waals surface area contributed by atoms with Gasteiger partial charge in [-0.3, -0.25) is 4.79 Å². The van der Waals surface area contributed by atoms with E-state index < -0.39 is 0 Å². The molecule has 0 aliphatic rings. The number of nitrogens with one attached hydrogen (secondary N) is 2. The maximum absolute atomic E-state index is 12.7. The summed E-state index contributed by atoms with van der Waals surface area (Å²) in [6.45, 7) is 3.28. The number of hydrogen-bond acceptors (Lipinski definition) is 3. The molecule has 0 radical (unpaired) electrons. The van der Waals surface area contributed by atoms with Crippen molar-refractivity contribution in [3.63, 3.8) is 0 Å². The topological polar surface area (TPSA) is 44.4 Å². The maximum Gasteiger partial charge on any atom is 0.221 e. The van der Waals surface area contributed by atoms with Gasteiger partial charge in [0, 0.05) is 19.5 Å². The molecule has 2 N–H and O–H groups in total. The summed E-state index contributed by atoms with van der Waals surface area (Å²) in [5.74, 6) is -0.180. The van der Waals surface area contributed by atoms with E-state index in [-0.39, 0.29) is 11.7 Å². The summed E-state index contributed by atoms with van der Waals surface area (Å²) in [7, 11) is 4.10. The number of halogens is 1. The molecule has 1 aromatic rings. The van der Waals surface area contributed by atoms with Crippen LogP contribution >= 0.6 is 0 Å². The van der Waals surface area contributed by atoms with Gasteiger partial charge in [0.1, 0.15) is 5.82 Å². The van der Waals surface area contributed by atoms with Crippen molar-refractivity contribution in [2.75, 3.05) is 40.3 Å². The molecule has 0 unspecified atom stereocenters. The molecule has 21 heavy (non-hydrogen) atoms. The number of benzene rings is 1. The van der Waals surface area contributed by atoms with E-state index in [1.54, 1.807) is 12.1 Å². The van der Waals surface area contributed by atoms with Gasteiger partial charge in [0.25, 0.3) is 0 Å². The summed E-state index contributed by atoms with van der Waals surface area (Å²) in [6.07, 6.45) is 2.30. The summed E-state index contributed by atoms with van der Waals surface area (Å²) in [6, 6.07) is 6.37. The highest BCUT2D eigenvalue weighted by Gasteiger charge is 2.01. The molecule has 0 bridgehead atoms. The molecule has 0 saturated heterocycles. The lowest BCUT2D eigenvalue weighted by molar-refractivity contribution is -0.120. The molecule has 0 saturated carbocycles. The molecule has 1 rings (SSSR count). The van der Waals surface area contributed by atoms with Crippen LogP contribution < -0.4 is 10.6 Å². The van der Waals surface area contributed by atoms with Gasteiger partial charge in [-0.2, -0.15) is 0 Å². The summed E-state index contributed by atoms with van der Waals surface area (Å²) in [5.41, 5.74) is 1.03. The predicted molar refractivity (Wildman–Crippen MR) is 83.8 cm³/mol. The van der Waals surface area contributed by atoms with Gasteiger partial charge >= 0.3 is 0 Å². The van der Waals surface area contributed by atoms with Crippen molar-refractivity contribution < 1.29 is 9.18 Å². The van der Waals surface area contributed by atoms with Crippen LogP contribution in [0.1, 0.15) is 18.4 Å². The van der Waals surface area contributed by atoms with Crippen LogP contribution in [0.5, 0.6) is 0 Å². The van der Waals surface area contributed by atoms with Crippen LogP contribution in [0.25, 0.3) is 0 Å². The van der Waals surface area contributed by atoms with Crippen molar-refractivity contribution in [1.82, 2.24) is 15.5 Å². The molecule has 118 valence electrons. The second-order valence-electron chi connectivity index (χ2n) is 5.38. The molecular formula is C16H26FN3O. The lowest BCUT2D eigenvalue weighted by Gasteiger charge is -2.10. The Morgan fingerprint density at radius 1 is 1.14 bits per heavy atom. The van der Waals surface area contributed by atoms with Gasteiger partial charge in [-0.25, -0.2) is 4.39 Å². The second kappa shape index (κ2) is 10.3. The number of carbonyl (C=O) groups excluding carboxylic acids is 1. The fourth-order valence-electron chi connectivity index (χ4n) is 1.93. The van der Waals surface area contributed by atoms with Gasteiger partial charge in [0.15, 0.2) is 0 Å². The molecule has 1 amide bonds. The van der Waals surface area contributed by atoms with Gasteiger partial charge in [-0.1, -0.05) is 12.1 Å². The average Bonchev–Trinajstić information content (AvgIpc) is 2.44. The molecule has 4 nitrogen and oxygen atoms in total. The minimum absolute atomic E-state index is 0.0530. The minimum Gasteiger partial charge on any atom is -0.356 e. The van der Waals surface area contributed by atoms with Crippen LogP contribution in [0, 0.1) is 5.82 Å². The molecule has 0 fully saturated rings. The van der Waals surface area contributed by atoms with Crippen LogP contribution in [0.3, 0.4) is 0 Å². The van der Waals surface area contributed by atoms with Gasteiger partial charge in [-0.15, -0.1) is 0 Å². The fraction of sp³-hybridized carbons (Fsp3) is 0.562. The normalized spacial score (nSPS) is 10.9. The van der Waals surface area contributed by atoms with Crippen LogP contribution in [0.4, 0.5) is 4.39 Å². The van der Waals surface area contributed by atoms with E-state index in [0.717, 1.165) is 31.5 Å². The van der Waals surface area contributed by atoms with Crippen molar-refractivity contribution in [3.8, 4) is 0 Å². The standard InChI is InChI=1S/C16H26FN3O/c1-20(2)13-3-10-18-11-9-16(21)19-12-8-14-4-6-15(17)7-5-14/h4-7,18H,3,8-13H2,1-2H3,(H,19,21). The first-order valence-corrected chi connectivity index (χ1v) is 7.44. The average molecular weight is 295 g/mol. The first kappa shape index (κ1) is 17.6. The lowest BCUT2D eigenvalue weighted by atomic mass is 10.1. The molecule has 1 aromatic carbocycles. The molecule has 0 spiro atoms. The third-order valence-electron chi connectivity index (χ3n) is 3.14. The van der Waals surface area contributed by atoms with E-state index in [1.807, 2.05) is 0 Å². The Morgan fingerprint density at radius 3 is 2.52 bits per heavy atom. The second-order valence-corrected chi connectivity index (χ2v) is 5.38. The third kappa shape index (κ3) is 9.15. The Hall–Kier alpha value is -1.46. The highest BCUT2D eigenvalue weighted by molar-refractivity contribution is 5.76. The Kier molecular flexibility index (Phi) is 8.62. The molecule has 0 aromatic heterocycles.